The number of carbonyl (C=O) groups is 1. The number of hydrogen-bond acceptors (Lipinski definition) is 5. The van der Waals surface area contributed by atoms with Gasteiger partial charge >= 0.3 is 6.09 Å². The van der Waals surface area contributed by atoms with Crippen LogP contribution >= 0.6 is 15.9 Å². The van der Waals surface area contributed by atoms with Gasteiger partial charge in [0, 0.05) is 19.1 Å². The first-order chi connectivity index (χ1) is 9.33. The van der Waals surface area contributed by atoms with E-state index >= 15 is 0 Å². The zero-order valence-corrected chi connectivity index (χ0v) is 13.5. The van der Waals surface area contributed by atoms with Gasteiger partial charge in [0.1, 0.15) is 16.0 Å². The van der Waals surface area contributed by atoms with Crippen molar-refractivity contribution in [1.82, 2.24) is 14.9 Å². The van der Waals surface area contributed by atoms with Gasteiger partial charge < -0.3 is 15.0 Å². The van der Waals surface area contributed by atoms with Crippen LogP contribution in [-0.2, 0) is 4.74 Å². The summed E-state index contributed by atoms with van der Waals surface area (Å²) in [6.45, 7) is 6.92. The molecule has 20 heavy (non-hydrogen) atoms. The molecule has 0 aliphatic carbocycles. The predicted octanol–water partition coefficient (Wildman–Crippen LogP) is 2.66. The van der Waals surface area contributed by atoms with E-state index in [-0.39, 0.29) is 12.1 Å². The Balaban J connectivity index is 1.86. The molecular formula is C13H19BrN4O2. The summed E-state index contributed by atoms with van der Waals surface area (Å²) >= 11 is 3.24. The Morgan fingerprint density at radius 2 is 2.20 bits per heavy atom. The summed E-state index contributed by atoms with van der Waals surface area (Å²) < 4.78 is 6.06. The first-order valence-electron chi connectivity index (χ1n) is 6.55. The van der Waals surface area contributed by atoms with Crippen LogP contribution in [0.3, 0.4) is 0 Å². The lowest BCUT2D eigenvalue weighted by atomic mass is 10.2. The van der Waals surface area contributed by atoms with Crippen LogP contribution in [-0.4, -0.2) is 45.7 Å². The van der Waals surface area contributed by atoms with Crippen LogP contribution < -0.4 is 5.32 Å². The number of halogens is 1. The number of carbonyl (C=O) groups excluding carboxylic acids is 1. The second-order valence-electron chi connectivity index (χ2n) is 5.78. The zero-order chi connectivity index (χ0) is 14.8. The molecule has 1 aromatic heterocycles. The molecule has 1 unspecified atom stereocenters. The van der Waals surface area contributed by atoms with Crippen LogP contribution in [0.1, 0.15) is 27.2 Å². The summed E-state index contributed by atoms with van der Waals surface area (Å²) in [6.07, 6.45) is 3.92. The molecule has 1 aliphatic rings. The Morgan fingerprint density at radius 1 is 1.45 bits per heavy atom. The van der Waals surface area contributed by atoms with Gasteiger partial charge in [-0.15, -0.1) is 0 Å². The summed E-state index contributed by atoms with van der Waals surface area (Å²) in [5.74, 6) is 0.712. The van der Waals surface area contributed by atoms with E-state index in [0.717, 1.165) is 6.42 Å². The van der Waals surface area contributed by atoms with Crippen LogP contribution in [0.5, 0.6) is 0 Å². The van der Waals surface area contributed by atoms with Crippen molar-refractivity contribution in [1.29, 1.82) is 0 Å². The molecule has 6 nitrogen and oxygen atoms in total. The highest BCUT2D eigenvalue weighted by Gasteiger charge is 2.29. The summed E-state index contributed by atoms with van der Waals surface area (Å²) in [7, 11) is 0. The third-order valence-electron chi connectivity index (χ3n) is 2.81. The van der Waals surface area contributed by atoms with E-state index in [2.05, 4.69) is 31.2 Å². The minimum atomic E-state index is -0.459. The fraction of sp³-hybridized carbons (Fsp3) is 0.615. The maximum Gasteiger partial charge on any atom is 0.410 e. The van der Waals surface area contributed by atoms with Crippen molar-refractivity contribution in [3.63, 3.8) is 0 Å². The van der Waals surface area contributed by atoms with Gasteiger partial charge in [-0.1, -0.05) is 0 Å². The fourth-order valence-corrected chi connectivity index (χ4v) is 2.17. The van der Waals surface area contributed by atoms with E-state index in [1.165, 1.54) is 0 Å². The van der Waals surface area contributed by atoms with Crippen molar-refractivity contribution in [2.45, 2.75) is 38.8 Å². The SMILES string of the molecule is CC(C)(C)OC(=O)N1CCC(Nc2cnc(Br)cn2)C1. The Bertz CT molecular complexity index is 472. The number of likely N-dealkylation sites (tertiary alicyclic amines) is 1. The summed E-state index contributed by atoms with van der Waals surface area (Å²) in [4.78, 5) is 22.0. The molecule has 0 spiro atoms. The Labute approximate surface area is 127 Å². The standard InChI is InChI=1S/C13H19BrN4O2/c1-13(2,3)20-12(19)18-5-4-9(8-18)17-11-7-15-10(14)6-16-11/h6-7,9H,4-5,8H2,1-3H3,(H,16,17). The zero-order valence-electron chi connectivity index (χ0n) is 11.9. The molecule has 1 aliphatic heterocycles. The van der Waals surface area contributed by atoms with Gasteiger partial charge in [-0.05, 0) is 43.1 Å². The van der Waals surface area contributed by atoms with E-state index in [0.29, 0.717) is 23.5 Å². The third kappa shape index (κ3) is 4.33. The van der Waals surface area contributed by atoms with Crippen LogP contribution in [0.2, 0.25) is 0 Å². The van der Waals surface area contributed by atoms with Gasteiger partial charge in [0.2, 0.25) is 0 Å². The molecule has 1 amide bonds. The molecule has 0 bridgehead atoms. The Hall–Kier alpha value is -1.37. The highest BCUT2D eigenvalue weighted by atomic mass is 79.9. The number of nitrogens with one attached hydrogen (secondary N) is 1. The van der Waals surface area contributed by atoms with E-state index in [9.17, 15) is 4.79 Å². The van der Waals surface area contributed by atoms with Crippen molar-refractivity contribution in [3.05, 3.63) is 17.0 Å². The molecule has 1 fully saturated rings. The Morgan fingerprint density at radius 3 is 2.80 bits per heavy atom. The largest absolute Gasteiger partial charge is 0.444 e. The highest BCUT2D eigenvalue weighted by Crippen LogP contribution is 2.18. The highest BCUT2D eigenvalue weighted by molar-refractivity contribution is 9.10. The average molecular weight is 343 g/mol. The Kier molecular flexibility index (Phi) is 4.47. The van der Waals surface area contributed by atoms with Gasteiger partial charge in [-0.25, -0.2) is 14.8 Å². The molecule has 110 valence electrons. The number of anilines is 1. The maximum absolute atomic E-state index is 11.9. The van der Waals surface area contributed by atoms with Gasteiger partial charge in [0.25, 0.3) is 0 Å². The van der Waals surface area contributed by atoms with Crippen LogP contribution in [0.15, 0.2) is 17.0 Å². The molecule has 1 saturated heterocycles. The average Bonchev–Trinajstić information content (AvgIpc) is 2.79. The molecule has 1 atom stereocenters. The first-order valence-corrected chi connectivity index (χ1v) is 7.35. The summed E-state index contributed by atoms with van der Waals surface area (Å²) in [6, 6.07) is 0.179. The van der Waals surface area contributed by atoms with Crippen molar-refractivity contribution < 1.29 is 9.53 Å². The minimum Gasteiger partial charge on any atom is -0.444 e. The second kappa shape index (κ2) is 5.95. The molecular weight excluding hydrogens is 324 g/mol. The monoisotopic (exact) mass is 342 g/mol. The smallest absolute Gasteiger partial charge is 0.410 e. The number of hydrogen-bond donors (Lipinski definition) is 1. The van der Waals surface area contributed by atoms with Crippen molar-refractivity contribution in [3.8, 4) is 0 Å². The van der Waals surface area contributed by atoms with Gasteiger partial charge in [-0.2, -0.15) is 0 Å². The van der Waals surface area contributed by atoms with E-state index in [1.807, 2.05) is 20.8 Å². The van der Waals surface area contributed by atoms with Crippen LogP contribution in [0, 0.1) is 0 Å². The second-order valence-corrected chi connectivity index (χ2v) is 6.59. The van der Waals surface area contributed by atoms with Gasteiger partial charge in [0.05, 0.1) is 12.4 Å². The van der Waals surface area contributed by atoms with Gasteiger partial charge in [-0.3, -0.25) is 0 Å². The van der Waals surface area contributed by atoms with Crippen LogP contribution in [0.4, 0.5) is 10.6 Å². The number of nitrogens with zero attached hydrogens (tertiary/aromatic N) is 3. The third-order valence-corrected chi connectivity index (χ3v) is 3.22. The van der Waals surface area contributed by atoms with Gasteiger partial charge in [0.15, 0.2) is 0 Å². The molecule has 0 aromatic carbocycles. The molecule has 0 radical (unpaired) electrons. The summed E-state index contributed by atoms with van der Waals surface area (Å²) in [5, 5.41) is 3.27. The van der Waals surface area contributed by atoms with Crippen molar-refractivity contribution in [2.24, 2.45) is 0 Å². The topological polar surface area (TPSA) is 67.3 Å². The van der Waals surface area contributed by atoms with E-state index < -0.39 is 5.60 Å². The lowest BCUT2D eigenvalue weighted by molar-refractivity contribution is 0.0293. The molecule has 1 aromatic rings. The van der Waals surface area contributed by atoms with Crippen LogP contribution in [0.25, 0.3) is 0 Å². The maximum atomic E-state index is 11.9. The van der Waals surface area contributed by atoms with Crippen molar-refractivity contribution in [2.75, 3.05) is 18.4 Å². The molecule has 7 heteroatoms. The molecule has 2 rings (SSSR count). The molecule has 1 N–H and O–H groups in total. The normalized spacial score (nSPS) is 19.0. The lowest BCUT2D eigenvalue weighted by Crippen LogP contribution is -2.36. The number of ether oxygens (including phenoxy) is 1. The number of aromatic nitrogens is 2. The number of amides is 1. The lowest BCUT2D eigenvalue weighted by Gasteiger charge is -2.24. The minimum absolute atomic E-state index is 0.179. The van der Waals surface area contributed by atoms with Crippen molar-refractivity contribution >= 4 is 27.8 Å². The first kappa shape index (κ1) is 15.0. The van der Waals surface area contributed by atoms with E-state index in [4.69, 9.17) is 4.74 Å². The fourth-order valence-electron chi connectivity index (χ4n) is 1.97. The van der Waals surface area contributed by atoms with E-state index in [1.54, 1.807) is 17.3 Å². The predicted molar refractivity (Wildman–Crippen MR) is 79.6 cm³/mol. The molecule has 2 heterocycles. The quantitative estimate of drug-likeness (QED) is 0.894. The summed E-state index contributed by atoms with van der Waals surface area (Å²) in [5.41, 5.74) is -0.459. The molecule has 0 saturated carbocycles. The number of rotatable bonds is 2.